The first-order valence-corrected chi connectivity index (χ1v) is 12.3. The molecule has 3 fully saturated rings. The summed E-state index contributed by atoms with van der Waals surface area (Å²) >= 11 is 0. The highest BCUT2D eigenvalue weighted by atomic mass is 14.6. The number of hydrogen-bond acceptors (Lipinski definition) is 0. The molecule has 0 nitrogen and oxygen atoms in total. The Bertz CT molecular complexity index is 393. The Morgan fingerprint density at radius 3 is 2.00 bits per heavy atom. The second kappa shape index (κ2) is 9.97. The zero-order valence-electron chi connectivity index (χ0n) is 20.1. The van der Waals surface area contributed by atoms with Crippen LogP contribution in [-0.2, 0) is 0 Å². The molecular weight excluding hydrogens is 312 g/mol. The van der Waals surface area contributed by atoms with Crippen LogP contribution in [0.15, 0.2) is 0 Å². The molecule has 0 N–H and O–H groups in total. The summed E-state index contributed by atoms with van der Waals surface area (Å²) in [5.41, 5.74) is 1.26. The van der Waals surface area contributed by atoms with E-state index in [9.17, 15) is 0 Å². The van der Waals surface area contributed by atoms with E-state index < -0.39 is 0 Å². The molecule has 0 heterocycles. The molecule has 0 saturated heterocycles. The monoisotopic (exact) mass is 364 g/mol. The van der Waals surface area contributed by atoms with Crippen LogP contribution >= 0.6 is 0 Å². The van der Waals surface area contributed by atoms with Gasteiger partial charge in [-0.05, 0) is 84.9 Å². The van der Waals surface area contributed by atoms with Gasteiger partial charge in [-0.2, -0.15) is 0 Å². The summed E-state index contributed by atoms with van der Waals surface area (Å²) in [5, 5.41) is 0. The average Bonchev–Trinajstić information content (AvgIpc) is 3.02. The Morgan fingerprint density at radius 2 is 1.42 bits per heavy atom. The normalized spacial score (nSPS) is 38.9. The van der Waals surface area contributed by atoms with Crippen molar-refractivity contribution in [1.29, 1.82) is 0 Å². The van der Waals surface area contributed by atoms with Crippen LogP contribution in [0.3, 0.4) is 0 Å². The number of fused-ring (bicyclic) bond motifs is 3. The van der Waals surface area contributed by atoms with Crippen molar-refractivity contribution in [2.24, 2.45) is 46.3 Å². The number of rotatable bonds is 3. The zero-order chi connectivity index (χ0) is 20.1. The maximum atomic E-state index is 2.71. The summed E-state index contributed by atoms with van der Waals surface area (Å²) in [6.07, 6.45) is 12.1. The molecule has 0 heteroatoms. The van der Waals surface area contributed by atoms with Crippen LogP contribution in [0.1, 0.15) is 121 Å². The van der Waals surface area contributed by atoms with Gasteiger partial charge in [-0.25, -0.2) is 0 Å². The van der Waals surface area contributed by atoms with Gasteiger partial charge in [0, 0.05) is 0 Å². The topological polar surface area (TPSA) is 0 Å². The van der Waals surface area contributed by atoms with Crippen LogP contribution < -0.4 is 0 Å². The van der Waals surface area contributed by atoms with E-state index in [0.717, 1.165) is 35.5 Å². The molecule has 3 aliphatic carbocycles. The first-order valence-electron chi connectivity index (χ1n) is 12.3. The smallest absolute Gasteiger partial charge is 0.0261 e. The molecular formula is C26H52. The van der Waals surface area contributed by atoms with Gasteiger partial charge < -0.3 is 0 Å². The standard InChI is InChI=1S/C22H40.2C2H6/c1-15(2)13-16(3)18-10-11-19-17-9-7-8-12-21(4,5)20(17)14-22(18,19)6;2*1-2/h15-20H,7-14H2,1-6H3;2*1-2H3. The van der Waals surface area contributed by atoms with Gasteiger partial charge in [-0.1, -0.05) is 82.1 Å². The van der Waals surface area contributed by atoms with Gasteiger partial charge in [-0.3, -0.25) is 0 Å². The van der Waals surface area contributed by atoms with E-state index in [4.69, 9.17) is 0 Å². The average molecular weight is 365 g/mol. The van der Waals surface area contributed by atoms with Gasteiger partial charge >= 0.3 is 0 Å². The van der Waals surface area contributed by atoms with Crippen molar-refractivity contribution >= 4 is 0 Å². The van der Waals surface area contributed by atoms with E-state index in [2.05, 4.69) is 41.5 Å². The second-order valence-electron chi connectivity index (χ2n) is 10.6. The molecule has 0 amide bonds. The Balaban J connectivity index is 0.000000791. The van der Waals surface area contributed by atoms with Gasteiger partial charge in [0.25, 0.3) is 0 Å². The molecule has 6 atom stereocenters. The van der Waals surface area contributed by atoms with Crippen LogP contribution in [-0.4, -0.2) is 0 Å². The fourth-order valence-electron chi connectivity index (χ4n) is 7.45. The van der Waals surface area contributed by atoms with Crippen molar-refractivity contribution in [2.45, 2.75) is 121 Å². The first kappa shape index (κ1) is 24.0. The maximum Gasteiger partial charge on any atom is -0.0261 e. The van der Waals surface area contributed by atoms with Crippen molar-refractivity contribution in [3.05, 3.63) is 0 Å². The summed E-state index contributed by atoms with van der Waals surface area (Å²) in [5.74, 6) is 5.91. The molecule has 3 rings (SSSR count). The Kier molecular flexibility index (Phi) is 9.22. The summed E-state index contributed by atoms with van der Waals surface area (Å²) in [6.45, 7) is 23.3. The highest BCUT2D eigenvalue weighted by molar-refractivity contribution is 5.09. The molecule has 3 saturated carbocycles. The lowest BCUT2D eigenvalue weighted by Crippen LogP contribution is -2.31. The SMILES string of the molecule is CC.CC.CC(C)CC(C)C1CCC2C3CCCCC(C)(C)C3CC12C. The quantitative estimate of drug-likeness (QED) is 0.468. The van der Waals surface area contributed by atoms with Crippen LogP contribution in [0.4, 0.5) is 0 Å². The Labute approximate surface area is 167 Å². The summed E-state index contributed by atoms with van der Waals surface area (Å²) in [7, 11) is 0. The fraction of sp³-hybridized carbons (Fsp3) is 1.00. The summed E-state index contributed by atoms with van der Waals surface area (Å²) < 4.78 is 0. The zero-order valence-corrected chi connectivity index (χ0v) is 20.1. The third kappa shape index (κ3) is 4.70. The van der Waals surface area contributed by atoms with E-state index in [1.807, 2.05) is 27.7 Å². The van der Waals surface area contributed by atoms with E-state index in [-0.39, 0.29) is 0 Å². The Hall–Kier alpha value is 0. The van der Waals surface area contributed by atoms with Crippen LogP contribution in [0.25, 0.3) is 0 Å². The maximum absolute atomic E-state index is 2.71. The molecule has 0 spiro atoms. The molecule has 6 unspecified atom stereocenters. The van der Waals surface area contributed by atoms with E-state index >= 15 is 0 Å². The molecule has 3 aliphatic rings. The molecule has 0 radical (unpaired) electrons. The predicted octanol–water partition coefficient (Wildman–Crippen LogP) is 8.99. The van der Waals surface area contributed by atoms with Gasteiger partial charge in [-0.15, -0.1) is 0 Å². The lowest BCUT2D eigenvalue weighted by molar-refractivity contribution is 0.106. The molecule has 156 valence electrons. The van der Waals surface area contributed by atoms with E-state index in [1.165, 1.54) is 32.1 Å². The largest absolute Gasteiger partial charge is 0.0683 e. The second-order valence-corrected chi connectivity index (χ2v) is 10.6. The predicted molar refractivity (Wildman–Crippen MR) is 119 cm³/mol. The third-order valence-electron chi connectivity index (χ3n) is 8.32. The van der Waals surface area contributed by atoms with Crippen molar-refractivity contribution in [3.63, 3.8) is 0 Å². The molecule has 0 aliphatic heterocycles. The minimum absolute atomic E-state index is 0.598. The molecule has 0 aromatic rings. The van der Waals surface area contributed by atoms with Crippen LogP contribution in [0, 0.1) is 46.3 Å². The molecule has 0 aromatic heterocycles. The van der Waals surface area contributed by atoms with Crippen molar-refractivity contribution in [2.75, 3.05) is 0 Å². The van der Waals surface area contributed by atoms with Crippen LogP contribution in [0.5, 0.6) is 0 Å². The van der Waals surface area contributed by atoms with E-state index in [1.54, 1.807) is 19.3 Å². The Morgan fingerprint density at radius 1 is 0.808 bits per heavy atom. The van der Waals surface area contributed by atoms with Gasteiger partial charge in [0.15, 0.2) is 0 Å². The van der Waals surface area contributed by atoms with Gasteiger partial charge in [0.05, 0.1) is 0 Å². The lowest BCUT2D eigenvalue weighted by atomic mass is 9.66. The molecule has 26 heavy (non-hydrogen) atoms. The highest BCUT2D eigenvalue weighted by Gasteiger charge is 2.60. The summed E-state index contributed by atoms with van der Waals surface area (Å²) in [4.78, 5) is 0. The lowest BCUT2D eigenvalue weighted by Gasteiger charge is -2.38. The van der Waals surface area contributed by atoms with Gasteiger partial charge in [0.2, 0.25) is 0 Å². The fourth-order valence-corrected chi connectivity index (χ4v) is 7.45. The van der Waals surface area contributed by atoms with E-state index in [0.29, 0.717) is 10.8 Å². The van der Waals surface area contributed by atoms with Crippen molar-refractivity contribution in [1.82, 2.24) is 0 Å². The minimum Gasteiger partial charge on any atom is -0.0683 e. The van der Waals surface area contributed by atoms with Crippen LogP contribution in [0.2, 0.25) is 0 Å². The number of hydrogen-bond donors (Lipinski definition) is 0. The highest BCUT2D eigenvalue weighted by Crippen LogP contribution is 2.68. The minimum atomic E-state index is 0.598. The third-order valence-corrected chi connectivity index (χ3v) is 8.32. The van der Waals surface area contributed by atoms with Gasteiger partial charge in [0.1, 0.15) is 0 Å². The molecule has 0 bridgehead atoms. The summed E-state index contributed by atoms with van der Waals surface area (Å²) in [6, 6.07) is 0. The van der Waals surface area contributed by atoms with Crippen molar-refractivity contribution in [3.8, 4) is 0 Å². The first-order chi connectivity index (χ1) is 12.3. The molecule has 0 aromatic carbocycles. The van der Waals surface area contributed by atoms with Crippen molar-refractivity contribution < 1.29 is 0 Å².